The molecule has 17 heavy (non-hydrogen) atoms. The van der Waals surface area contributed by atoms with E-state index in [1.54, 1.807) is 0 Å². The van der Waals surface area contributed by atoms with E-state index in [0.29, 0.717) is 23.5 Å². The van der Waals surface area contributed by atoms with Crippen LogP contribution in [0.4, 0.5) is 0 Å². The van der Waals surface area contributed by atoms with Gasteiger partial charge in [0.15, 0.2) is 0 Å². The van der Waals surface area contributed by atoms with Gasteiger partial charge < -0.3 is 15.8 Å². The van der Waals surface area contributed by atoms with Crippen molar-refractivity contribution in [3.05, 3.63) is 0 Å². The Morgan fingerprint density at radius 1 is 1.29 bits per heavy atom. The summed E-state index contributed by atoms with van der Waals surface area (Å²) in [4.78, 5) is 0. The highest BCUT2D eigenvalue weighted by molar-refractivity contribution is 5.11. The Bertz CT molecular complexity index is 267. The van der Waals surface area contributed by atoms with Gasteiger partial charge >= 0.3 is 0 Å². The van der Waals surface area contributed by atoms with E-state index >= 15 is 0 Å². The molecule has 2 fully saturated rings. The molecule has 100 valence electrons. The van der Waals surface area contributed by atoms with E-state index < -0.39 is 0 Å². The van der Waals surface area contributed by atoms with Crippen LogP contribution >= 0.6 is 0 Å². The second-order valence-corrected chi connectivity index (χ2v) is 6.51. The average Bonchev–Trinajstić information content (AvgIpc) is 2.61. The second kappa shape index (κ2) is 4.87. The Labute approximate surface area is 105 Å². The van der Waals surface area contributed by atoms with Crippen molar-refractivity contribution in [2.45, 2.75) is 46.1 Å². The number of nitrogens with two attached hydrogens (primary N) is 1. The van der Waals surface area contributed by atoms with Crippen LogP contribution in [0.15, 0.2) is 0 Å². The molecule has 2 rings (SSSR count). The van der Waals surface area contributed by atoms with Gasteiger partial charge in [0.25, 0.3) is 0 Å². The van der Waals surface area contributed by atoms with Crippen molar-refractivity contribution >= 4 is 0 Å². The number of hydrogen-bond donors (Lipinski definition) is 2. The molecule has 0 aromatic heterocycles. The van der Waals surface area contributed by atoms with Crippen molar-refractivity contribution in [3.63, 3.8) is 0 Å². The van der Waals surface area contributed by atoms with Crippen LogP contribution in [0.25, 0.3) is 0 Å². The molecule has 2 aliphatic rings. The third kappa shape index (κ3) is 2.13. The number of rotatable bonds is 6. The fourth-order valence-electron chi connectivity index (χ4n) is 3.88. The molecule has 0 amide bonds. The summed E-state index contributed by atoms with van der Waals surface area (Å²) in [6.07, 6.45) is 4.47. The normalized spacial score (nSPS) is 38.8. The lowest BCUT2D eigenvalue weighted by Crippen LogP contribution is -2.38. The first-order chi connectivity index (χ1) is 8.02. The Hall–Kier alpha value is -0.120. The summed E-state index contributed by atoms with van der Waals surface area (Å²) >= 11 is 0. The van der Waals surface area contributed by atoms with Gasteiger partial charge in [0.05, 0.1) is 12.7 Å². The Balaban J connectivity index is 1.80. The Morgan fingerprint density at radius 3 is 2.59 bits per heavy atom. The zero-order valence-corrected chi connectivity index (χ0v) is 11.6. The summed E-state index contributed by atoms with van der Waals surface area (Å²) in [6, 6.07) is 0. The topological polar surface area (TPSA) is 47.3 Å². The van der Waals surface area contributed by atoms with Crippen LogP contribution in [0.2, 0.25) is 0 Å². The molecule has 3 unspecified atom stereocenters. The molecular formula is C14H28N2O. The Morgan fingerprint density at radius 2 is 2.06 bits per heavy atom. The number of ether oxygens (including phenoxy) is 1. The van der Waals surface area contributed by atoms with Crippen LogP contribution in [0.5, 0.6) is 0 Å². The lowest BCUT2D eigenvalue weighted by molar-refractivity contribution is -0.0449. The highest BCUT2D eigenvalue weighted by Gasteiger charge is 2.61. The number of fused-ring (bicyclic) bond motifs is 2. The molecule has 0 radical (unpaired) electrons. The van der Waals surface area contributed by atoms with Gasteiger partial charge in [-0.3, -0.25) is 0 Å². The molecule has 0 aromatic rings. The van der Waals surface area contributed by atoms with Crippen molar-refractivity contribution in [1.29, 1.82) is 0 Å². The number of hydrogen-bond acceptors (Lipinski definition) is 3. The van der Waals surface area contributed by atoms with Gasteiger partial charge in [-0.05, 0) is 36.0 Å². The van der Waals surface area contributed by atoms with Crippen LogP contribution in [-0.4, -0.2) is 32.3 Å². The van der Waals surface area contributed by atoms with E-state index in [0.717, 1.165) is 25.6 Å². The SMILES string of the molecule is CC1(C)C2CCC1(C)C(OCCNCCN)C2. The van der Waals surface area contributed by atoms with Gasteiger partial charge in [-0.15, -0.1) is 0 Å². The second-order valence-electron chi connectivity index (χ2n) is 6.51. The van der Waals surface area contributed by atoms with Crippen molar-refractivity contribution in [2.24, 2.45) is 22.5 Å². The summed E-state index contributed by atoms with van der Waals surface area (Å²) in [5, 5.41) is 3.29. The quantitative estimate of drug-likeness (QED) is 0.696. The maximum atomic E-state index is 6.12. The molecule has 2 bridgehead atoms. The fraction of sp³-hybridized carbons (Fsp3) is 1.00. The van der Waals surface area contributed by atoms with Crippen LogP contribution in [0.1, 0.15) is 40.0 Å². The minimum atomic E-state index is 0.394. The molecule has 2 aliphatic carbocycles. The average molecular weight is 240 g/mol. The predicted molar refractivity (Wildman–Crippen MR) is 70.9 cm³/mol. The molecule has 0 aromatic carbocycles. The third-order valence-corrected chi connectivity index (χ3v) is 5.63. The van der Waals surface area contributed by atoms with Crippen LogP contribution in [-0.2, 0) is 4.74 Å². The van der Waals surface area contributed by atoms with Crippen LogP contribution < -0.4 is 11.1 Å². The summed E-state index contributed by atoms with van der Waals surface area (Å²) in [5.41, 5.74) is 6.29. The predicted octanol–water partition coefficient (Wildman–Crippen LogP) is 1.77. The van der Waals surface area contributed by atoms with E-state index in [2.05, 4.69) is 26.1 Å². The van der Waals surface area contributed by atoms with E-state index in [9.17, 15) is 0 Å². The largest absolute Gasteiger partial charge is 0.376 e. The molecule has 3 atom stereocenters. The standard InChI is InChI=1S/C14H28N2O/c1-13(2)11-4-5-14(13,3)12(10-11)17-9-8-16-7-6-15/h11-12,16H,4-10,15H2,1-3H3. The zero-order chi connectivity index (χ0) is 12.5. The van der Waals surface area contributed by atoms with Crippen molar-refractivity contribution < 1.29 is 4.74 Å². The fourth-order valence-corrected chi connectivity index (χ4v) is 3.88. The van der Waals surface area contributed by atoms with Gasteiger partial charge in [-0.25, -0.2) is 0 Å². The van der Waals surface area contributed by atoms with E-state index in [-0.39, 0.29) is 0 Å². The molecule has 3 N–H and O–H groups in total. The van der Waals surface area contributed by atoms with Gasteiger partial charge in [0, 0.05) is 19.6 Å². The van der Waals surface area contributed by atoms with Gasteiger partial charge in [0.2, 0.25) is 0 Å². The van der Waals surface area contributed by atoms with Crippen LogP contribution in [0, 0.1) is 16.7 Å². The van der Waals surface area contributed by atoms with Gasteiger partial charge in [-0.1, -0.05) is 20.8 Å². The maximum Gasteiger partial charge on any atom is 0.0637 e. The van der Waals surface area contributed by atoms with Gasteiger partial charge in [-0.2, -0.15) is 0 Å². The minimum absolute atomic E-state index is 0.394. The monoisotopic (exact) mass is 240 g/mol. The van der Waals surface area contributed by atoms with Crippen molar-refractivity contribution in [2.75, 3.05) is 26.2 Å². The zero-order valence-electron chi connectivity index (χ0n) is 11.6. The first kappa shape index (κ1) is 13.3. The molecule has 0 aliphatic heterocycles. The smallest absolute Gasteiger partial charge is 0.0637 e. The van der Waals surface area contributed by atoms with Gasteiger partial charge in [0.1, 0.15) is 0 Å². The highest BCUT2D eigenvalue weighted by Crippen LogP contribution is 2.66. The first-order valence-electron chi connectivity index (χ1n) is 7.05. The summed E-state index contributed by atoms with van der Waals surface area (Å²) in [7, 11) is 0. The van der Waals surface area contributed by atoms with E-state index in [1.165, 1.54) is 19.3 Å². The van der Waals surface area contributed by atoms with Crippen LogP contribution in [0.3, 0.4) is 0 Å². The third-order valence-electron chi connectivity index (χ3n) is 5.63. The maximum absolute atomic E-state index is 6.12. The Kier molecular flexibility index (Phi) is 3.81. The molecule has 2 saturated carbocycles. The minimum Gasteiger partial charge on any atom is -0.376 e. The highest BCUT2D eigenvalue weighted by atomic mass is 16.5. The number of nitrogens with one attached hydrogen (secondary N) is 1. The molecule has 3 heteroatoms. The summed E-state index contributed by atoms with van der Waals surface area (Å²) in [6.45, 7) is 10.6. The lowest BCUT2D eigenvalue weighted by atomic mass is 9.70. The molecule has 0 saturated heterocycles. The first-order valence-corrected chi connectivity index (χ1v) is 7.05. The molecule has 3 nitrogen and oxygen atoms in total. The molecule has 0 spiro atoms. The molecular weight excluding hydrogens is 212 g/mol. The van der Waals surface area contributed by atoms with E-state index in [1.807, 2.05) is 0 Å². The van der Waals surface area contributed by atoms with Crippen molar-refractivity contribution in [3.8, 4) is 0 Å². The summed E-state index contributed by atoms with van der Waals surface area (Å²) in [5.74, 6) is 0.870. The van der Waals surface area contributed by atoms with Crippen molar-refractivity contribution in [1.82, 2.24) is 5.32 Å². The molecule has 0 heterocycles. The lowest BCUT2D eigenvalue weighted by Gasteiger charge is -2.38. The van der Waals surface area contributed by atoms with E-state index in [4.69, 9.17) is 10.5 Å². The summed E-state index contributed by atoms with van der Waals surface area (Å²) < 4.78 is 6.12.